The molecule has 5 nitrogen and oxygen atoms in total. The molecule has 2 N–H and O–H groups in total. The van der Waals surface area contributed by atoms with Crippen LogP contribution in [0.25, 0.3) is 0 Å². The topological polar surface area (TPSA) is 77.8 Å². The molecule has 0 aliphatic carbocycles. The van der Waals surface area contributed by atoms with E-state index in [0.29, 0.717) is 25.8 Å². The molecule has 1 heterocycles. The maximum atomic E-state index is 11.8. The first-order chi connectivity index (χ1) is 9.17. The third-order valence-corrected chi connectivity index (χ3v) is 3.43. The van der Waals surface area contributed by atoms with Crippen molar-refractivity contribution in [3.63, 3.8) is 0 Å². The van der Waals surface area contributed by atoms with Crippen LogP contribution in [0.2, 0.25) is 0 Å². The summed E-state index contributed by atoms with van der Waals surface area (Å²) in [5.74, 6) is -0.469. The molecule has 1 aromatic carbocycles. The van der Waals surface area contributed by atoms with Crippen LogP contribution < -0.4 is 0 Å². The van der Waals surface area contributed by atoms with Gasteiger partial charge in [-0.2, -0.15) is 0 Å². The highest BCUT2D eigenvalue weighted by Crippen LogP contribution is 2.33. The molecule has 19 heavy (non-hydrogen) atoms. The van der Waals surface area contributed by atoms with E-state index in [1.165, 1.54) is 0 Å². The molecule has 0 radical (unpaired) electrons. The summed E-state index contributed by atoms with van der Waals surface area (Å²) in [4.78, 5) is 24.4. The molecular formula is C14H17NO4. The second kappa shape index (κ2) is 6.06. The smallest absolute Gasteiger partial charge is 0.216 e. The Bertz CT molecular complexity index is 474. The minimum Gasteiger partial charge on any atom is -0.394 e. The lowest BCUT2D eigenvalue weighted by atomic mass is 10.0. The molecular weight excluding hydrogens is 246 g/mol. The second-order valence-electron chi connectivity index (χ2n) is 4.72. The van der Waals surface area contributed by atoms with Crippen LogP contribution >= 0.6 is 0 Å². The normalized spacial score (nSPS) is 20.0. The van der Waals surface area contributed by atoms with Gasteiger partial charge in [-0.05, 0) is 17.5 Å². The third-order valence-electron chi connectivity index (χ3n) is 3.43. The van der Waals surface area contributed by atoms with Crippen molar-refractivity contribution in [3.8, 4) is 0 Å². The minimum atomic E-state index is -0.796. The van der Waals surface area contributed by atoms with Gasteiger partial charge in [0.1, 0.15) is 6.04 Å². The summed E-state index contributed by atoms with van der Waals surface area (Å²) in [6.07, 6.45) is -0.0780. The zero-order chi connectivity index (χ0) is 13.8. The number of rotatable bonds is 6. The van der Waals surface area contributed by atoms with Crippen LogP contribution in [0, 0.1) is 0 Å². The number of carbonyl (C=O) groups excluding carboxylic acids is 2. The predicted molar refractivity (Wildman–Crippen MR) is 68.4 cm³/mol. The van der Waals surface area contributed by atoms with Crippen LogP contribution in [0.4, 0.5) is 0 Å². The molecule has 1 aliphatic heterocycles. The SMILES string of the molecule is O=CC(=O)C1c2ccccc2CN1CCC(O)CO. The number of hydrogen-bond donors (Lipinski definition) is 2. The molecule has 2 rings (SSSR count). The number of benzene rings is 1. The minimum absolute atomic E-state index is 0.299. The zero-order valence-corrected chi connectivity index (χ0v) is 10.5. The Morgan fingerprint density at radius 1 is 1.47 bits per heavy atom. The Kier molecular flexibility index (Phi) is 4.42. The fourth-order valence-electron chi connectivity index (χ4n) is 2.46. The van der Waals surface area contributed by atoms with Crippen molar-refractivity contribution in [1.82, 2.24) is 4.90 Å². The summed E-state index contributed by atoms with van der Waals surface area (Å²) >= 11 is 0. The van der Waals surface area contributed by atoms with Gasteiger partial charge in [-0.1, -0.05) is 24.3 Å². The van der Waals surface area contributed by atoms with Crippen LogP contribution in [0.5, 0.6) is 0 Å². The monoisotopic (exact) mass is 263 g/mol. The van der Waals surface area contributed by atoms with Crippen LogP contribution in [-0.2, 0) is 16.1 Å². The van der Waals surface area contributed by atoms with Gasteiger partial charge in [-0.25, -0.2) is 0 Å². The van der Waals surface area contributed by atoms with Crippen molar-refractivity contribution in [2.24, 2.45) is 0 Å². The lowest BCUT2D eigenvalue weighted by Gasteiger charge is -2.23. The molecule has 1 aromatic rings. The number of carbonyl (C=O) groups is 2. The highest BCUT2D eigenvalue weighted by Gasteiger charge is 2.34. The molecule has 1 aliphatic rings. The molecule has 0 aromatic heterocycles. The van der Waals surface area contributed by atoms with Gasteiger partial charge in [0.2, 0.25) is 5.78 Å². The van der Waals surface area contributed by atoms with Gasteiger partial charge in [-0.15, -0.1) is 0 Å². The summed E-state index contributed by atoms with van der Waals surface area (Å²) < 4.78 is 0. The highest BCUT2D eigenvalue weighted by molar-refractivity contribution is 6.27. The lowest BCUT2D eigenvalue weighted by molar-refractivity contribution is -0.133. The first-order valence-electron chi connectivity index (χ1n) is 6.27. The Labute approximate surface area is 111 Å². The molecule has 0 amide bonds. The zero-order valence-electron chi connectivity index (χ0n) is 10.5. The number of aliphatic hydroxyl groups is 2. The van der Waals surface area contributed by atoms with Crippen LogP contribution in [0.3, 0.4) is 0 Å². The van der Waals surface area contributed by atoms with E-state index in [2.05, 4.69) is 0 Å². The Morgan fingerprint density at radius 3 is 2.89 bits per heavy atom. The lowest BCUT2D eigenvalue weighted by Crippen LogP contribution is -2.32. The van der Waals surface area contributed by atoms with E-state index < -0.39 is 17.9 Å². The average molecular weight is 263 g/mol. The van der Waals surface area contributed by atoms with E-state index in [1.807, 2.05) is 29.2 Å². The molecule has 0 fully saturated rings. The summed E-state index contributed by atoms with van der Waals surface area (Å²) in [5.41, 5.74) is 1.89. The fraction of sp³-hybridized carbons (Fsp3) is 0.429. The van der Waals surface area contributed by atoms with Crippen LogP contribution in [-0.4, -0.2) is 46.4 Å². The van der Waals surface area contributed by atoms with E-state index in [-0.39, 0.29) is 6.61 Å². The summed E-state index contributed by atoms with van der Waals surface area (Å²) in [6.45, 7) is 0.742. The predicted octanol–water partition coefficient (Wildman–Crippen LogP) is 0.0546. The largest absolute Gasteiger partial charge is 0.394 e. The number of Topliss-reactive ketones (excluding diaryl/α,β-unsaturated/α-hetero) is 1. The number of hydrogen-bond acceptors (Lipinski definition) is 5. The van der Waals surface area contributed by atoms with Gasteiger partial charge in [0, 0.05) is 13.1 Å². The standard InChI is InChI=1S/C14H17NO4/c16-8-11(18)5-6-15-7-10-3-1-2-4-12(10)14(15)13(19)9-17/h1-4,9,11,14,16,18H,5-8H2. The number of fused-ring (bicyclic) bond motifs is 1. The Hall–Kier alpha value is -1.56. The van der Waals surface area contributed by atoms with Crippen molar-refractivity contribution in [2.45, 2.75) is 25.1 Å². The first-order valence-corrected chi connectivity index (χ1v) is 6.27. The molecule has 5 heteroatoms. The van der Waals surface area contributed by atoms with E-state index >= 15 is 0 Å². The summed E-state index contributed by atoms with van der Waals surface area (Å²) in [5, 5.41) is 18.2. The van der Waals surface area contributed by atoms with Gasteiger partial charge in [-0.3, -0.25) is 14.5 Å². The van der Waals surface area contributed by atoms with Crippen molar-refractivity contribution < 1.29 is 19.8 Å². The molecule has 102 valence electrons. The van der Waals surface area contributed by atoms with Crippen LogP contribution in [0.1, 0.15) is 23.6 Å². The molecule has 0 spiro atoms. The molecule has 0 saturated carbocycles. The Morgan fingerprint density at radius 2 is 2.21 bits per heavy atom. The molecule has 0 saturated heterocycles. The van der Waals surface area contributed by atoms with E-state index in [0.717, 1.165) is 11.1 Å². The summed E-state index contributed by atoms with van der Waals surface area (Å²) in [7, 11) is 0. The van der Waals surface area contributed by atoms with Crippen molar-refractivity contribution in [1.29, 1.82) is 0 Å². The number of aliphatic hydroxyl groups excluding tert-OH is 2. The molecule has 0 bridgehead atoms. The summed E-state index contributed by atoms with van der Waals surface area (Å²) in [6, 6.07) is 6.97. The number of nitrogens with zero attached hydrogens (tertiary/aromatic N) is 1. The van der Waals surface area contributed by atoms with E-state index in [1.54, 1.807) is 0 Å². The highest BCUT2D eigenvalue weighted by atomic mass is 16.3. The second-order valence-corrected chi connectivity index (χ2v) is 4.72. The molecule has 2 atom stereocenters. The van der Waals surface area contributed by atoms with E-state index in [9.17, 15) is 14.7 Å². The van der Waals surface area contributed by atoms with Crippen molar-refractivity contribution in [2.75, 3.05) is 13.2 Å². The third kappa shape index (κ3) is 2.89. The van der Waals surface area contributed by atoms with Gasteiger partial charge < -0.3 is 10.2 Å². The van der Waals surface area contributed by atoms with Gasteiger partial charge in [0.15, 0.2) is 6.29 Å². The fourth-order valence-corrected chi connectivity index (χ4v) is 2.46. The van der Waals surface area contributed by atoms with Crippen LogP contribution in [0.15, 0.2) is 24.3 Å². The van der Waals surface area contributed by atoms with Crippen molar-refractivity contribution >= 4 is 12.1 Å². The Balaban J connectivity index is 2.16. The van der Waals surface area contributed by atoms with Gasteiger partial charge in [0.05, 0.1) is 12.7 Å². The van der Waals surface area contributed by atoms with E-state index in [4.69, 9.17) is 5.11 Å². The molecule has 2 unspecified atom stereocenters. The first kappa shape index (κ1) is 13.9. The quantitative estimate of drug-likeness (QED) is 0.560. The van der Waals surface area contributed by atoms with Crippen molar-refractivity contribution in [3.05, 3.63) is 35.4 Å². The average Bonchev–Trinajstić information content (AvgIpc) is 2.82. The number of ketones is 1. The van der Waals surface area contributed by atoms with Gasteiger partial charge >= 0.3 is 0 Å². The van der Waals surface area contributed by atoms with Gasteiger partial charge in [0.25, 0.3) is 0 Å². The maximum absolute atomic E-state index is 11.8. The number of aldehydes is 1. The maximum Gasteiger partial charge on any atom is 0.216 e.